The molecule has 2 rings (SSSR count). The van der Waals surface area contributed by atoms with Crippen molar-refractivity contribution in [1.29, 1.82) is 0 Å². The Balaban J connectivity index is 1.91. The minimum Gasteiger partial charge on any atom is -0.397 e. The third-order valence-corrected chi connectivity index (χ3v) is 4.38. The van der Waals surface area contributed by atoms with Crippen molar-refractivity contribution in [2.45, 2.75) is 32.7 Å². The summed E-state index contributed by atoms with van der Waals surface area (Å²) in [5, 5.41) is 4.42. The minimum absolute atomic E-state index is 0.0396. The van der Waals surface area contributed by atoms with E-state index in [-0.39, 0.29) is 5.78 Å². The summed E-state index contributed by atoms with van der Waals surface area (Å²) in [5.41, 5.74) is 6.41. The van der Waals surface area contributed by atoms with E-state index in [1.807, 2.05) is 6.07 Å². The number of rotatable bonds is 5. The molecule has 1 aliphatic rings. The molecule has 3 N–H and O–H groups in total. The Morgan fingerprint density at radius 2 is 2.22 bits per heavy atom. The first-order valence-corrected chi connectivity index (χ1v) is 7.27. The van der Waals surface area contributed by atoms with Crippen LogP contribution in [0.25, 0.3) is 0 Å². The van der Waals surface area contributed by atoms with Gasteiger partial charge in [0.1, 0.15) is 0 Å². The van der Waals surface area contributed by atoms with Gasteiger partial charge >= 0.3 is 0 Å². The molecule has 0 aliphatic carbocycles. The third-order valence-electron chi connectivity index (χ3n) is 3.20. The van der Waals surface area contributed by atoms with Gasteiger partial charge in [0.15, 0.2) is 5.78 Å². The lowest BCUT2D eigenvalue weighted by atomic mass is 10.3. The van der Waals surface area contributed by atoms with Crippen LogP contribution in [0.5, 0.6) is 0 Å². The monoisotopic (exact) mass is 267 g/mol. The molecular weight excluding hydrogens is 246 g/mol. The molecule has 18 heavy (non-hydrogen) atoms. The molecule has 1 atom stereocenters. The lowest BCUT2D eigenvalue weighted by Gasteiger charge is -2.21. The minimum atomic E-state index is 0.0396. The molecule has 0 amide bonds. The second-order valence-corrected chi connectivity index (χ2v) is 6.06. The van der Waals surface area contributed by atoms with Crippen molar-refractivity contribution in [2.75, 3.05) is 30.7 Å². The van der Waals surface area contributed by atoms with Crippen molar-refractivity contribution in [3.63, 3.8) is 0 Å². The van der Waals surface area contributed by atoms with Gasteiger partial charge in [0.05, 0.1) is 15.6 Å². The van der Waals surface area contributed by atoms with Gasteiger partial charge in [-0.15, -0.1) is 11.3 Å². The Morgan fingerprint density at radius 3 is 2.78 bits per heavy atom. The van der Waals surface area contributed by atoms with Gasteiger partial charge in [-0.1, -0.05) is 0 Å². The second-order valence-electron chi connectivity index (χ2n) is 5.00. The number of hydrogen-bond acceptors (Lipinski definition) is 5. The quantitative estimate of drug-likeness (QED) is 0.804. The molecule has 0 bridgehead atoms. The first-order valence-electron chi connectivity index (χ1n) is 6.45. The number of carbonyl (C=O) groups excluding carboxylic acids is 1. The Bertz CT molecular complexity index is 424. The molecule has 5 heteroatoms. The van der Waals surface area contributed by atoms with Crippen molar-refractivity contribution in [1.82, 2.24) is 4.90 Å². The van der Waals surface area contributed by atoms with Crippen molar-refractivity contribution < 1.29 is 4.79 Å². The van der Waals surface area contributed by atoms with Crippen LogP contribution in [-0.2, 0) is 0 Å². The molecule has 4 nitrogen and oxygen atoms in total. The van der Waals surface area contributed by atoms with Crippen LogP contribution in [0, 0.1) is 0 Å². The molecule has 1 aromatic rings. The molecule has 1 saturated heterocycles. The topological polar surface area (TPSA) is 58.4 Å². The number of anilines is 2. The van der Waals surface area contributed by atoms with Crippen LogP contribution in [0.4, 0.5) is 10.7 Å². The normalized spacial score (nSPS) is 17.9. The molecule has 2 heterocycles. The fourth-order valence-electron chi connectivity index (χ4n) is 2.39. The molecule has 1 fully saturated rings. The Labute approximate surface area is 112 Å². The maximum atomic E-state index is 11.3. The van der Waals surface area contributed by atoms with E-state index in [4.69, 9.17) is 5.73 Å². The van der Waals surface area contributed by atoms with Gasteiger partial charge in [-0.2, -0.15) is 0 Å². The van der Waals surface area contributed by atoms with Crippen LogP contribution in [0.3, 0.4) is 0 Å². The van der Waals surface area contributed by atoms with E-state index in [0.717, 1.165) is 11.5 Å². The molecule has 0 radical (unpaired) electrons. The van der Waals surface area contributed by atoms with E-state index in [9.17, 15) is 4.79 Å². The molecule has 1 unspecified atom stereocenters. The van der Waals surface area contributed by atoms with Crippen LogP contribution in [0.2, 0.25) is 0 Å². The summed E-state index contributed by atoms with van der Waals surface area (Å²) in [6.45, 7) is 7.18. The summed E-state index contributed by atoms with van der Waals surface area (Å²) >= 11 is 1.45. The summed E-state index contributed by atoms with van der Waals surface area (Å²) in [5.74, 6) is 0.0396. The van der Waals surface area contributed by atoms with Gasteiger partial charge < -0.3 is 16.0 Å². The smallest absolute Gasteiger partial charge is 0.171 e. The maximum Gasteiger partial charge on any atom is 0.171 e. The van der Waals surface area contributed by atoms with E-state index in [1.54, 1.807) is 6.92 Å². The number of carbonyl (C=O) groups is 1. The Kier molecular flexibility index (Phi) is 4.24. The van der Waals surface area contributed by atoms with Crippen LogP contribution >= 0.6 is 11.3 Å². The van der Waals surface area contributed by atoms with Crippen molar-refractivity contribution in [2.24, 2.45) is 0 Å². The highest BCUT2D eigenvalue weighted by molar-refractivity contribution is 7.18. The second kappa shape index (κ2) is 5.71. The van der Waals surface area contributed by atoms with Gasteiger partial charge in [-0.3, -0.25) is 4.79 Å². The van der Waals surface area contributed by atoms with Crippen molar-refractivity contribution >= 4 is 27.8 Å². The summed E-state index contributed by atoms with van der Waals surface area (Å²) in [4.78, 5) is 14.5. The van der Waals surface area contributed by atoms with E-state index in [2.05, 4.69) is 17.1 Å². The lowest BCUT2D eigenvalue weighted by molar-refractivity contribution is 0.102. The fourth-order valence-corrected chi connectivity index (χ4v) is 3.38. The van der Waals surface area contributed by atoms with E-state index < -0.39 is 0 Å². The van der Waals surface area contributed by atoms with E-state index in [0.29, 0.717) is 16.6 Å². The highest BCUT2D eigenvalue weighted by Gasteiger charge is 2.16. The largest absolute Gasteiger partial charge is 0.397 e. The molecular formula is C13H21N3OS. The zero-order valence-corrected chi connectivity index (χ0v) is 11.8. The van der Waals surface area contributed by atoms with Crippen LogP contribution in [0.1, 0.15) is 36.4 Å². The van der Waals surface area contributed by atoms with E-state index in [1.165, 1.54) is 37.3 Å². The van der Waals surface area contributed by atoms with Crippen molar-refractivity contribution in [3.05, 3.63) is 10.9 Å². The average Bonchev–Trinajstić information content (AvgIpc) is 2.88. The van der Waals surface area contributed by atoms with Gasteiger partial charge in [0.25, 0.3) is 0 Å². The fraction of sp³-hybridized carbons (Fsp3) is 0.615. The average molecular weight is 267 g/mol. The maximum absolute atomic E-state index is 11.3. The number of nitrogens with two attached hydrogens (primary N) is 1. The number of hydrogen-bond donors (Lipinski definition) is 2. The SMILES string of the molecule is CC(=O)c1sc(NC(C)CN2CCCC2)cc1N. The Morgan fingerprint density at radius 1 is 1.56 bits per heavy atom. The predicted octanol–water partition coefficient (Wildman–Crippen LogP) is 2.43. The Hall–Kier alpha value is -1.07. The molecule has 0 saturated carbocycles. The number of nitrogens with zero attached hydrogens (tertiary/aromatic N) is 1. The zero-order valence-electron chi connectivity index (χ0n) is 11.0. The van der Waals surface area contributed by atoms with Gasteiger partial charge in [0, 0.05) is 19.5 Å². The standard InChI is InChI=1S/C13H21N3OS/c1-9(8-16-5-3-4-6-16)15-12-7-11(14)13(18-12)10(2)17/h7,9,15H,3-6,8,14H2,1-2H3. The molecule has 0 spiro atoms. The number of thiophene rings is 1. The molecule has 1 aliphatic heterocycles. The summed E-state index contributed by atoms with van der Waals surface area (Å²) in [6.07, 6.45) is 2.63. The number of likely N-dealkylation sites (tertiary alicyclic amines) is 1. The summed E-state index contributed by atoms with van der Waals surface area (Å²) in [6, 6.07) is 2.24. The summed E-state index contributed by atoms with van der Waals surface area (Å²) in [7, 11) is 0. The number of Topliss-reactive ketones (excluding diaryl/α,β-unsaturated/α-hetero) is 1. The zero-order chi connectivity index (χ0) is 13.1. The van der Waals surface area contributed by atoms with Gasteiger partial charge in [-0.05, 0) is 38.9 Å². The number of nitrogen functional groups attached to an aromatic ring is 1. The number of ketones is 1. The van der Waals surface area contributed by atoms with E-state index >= 15 is 0 Å². The van der Waals surface area contributed by atoms with Gasteiger partial charge in [-0.25, -0.2) is 0 Å². The first-order chi connectivity index (χ1) is 8.56. The number of nitrogens with one attached hydrogen (secondary N) is 1. The third kappa shape index (κ3) is 3.23. The van der Waals surface area contributed by atoms with Crippen molar-refractivity contribution in [3.8, 4) is 0 Å². The highest BCUT2D eigenvalue weighted by atomic mass is 32.1. The molecule has 1 aromatic heterocycles. The van der Waals surface area contributed by atoms with Gasteiger partial charge in [0.2, 0.25) is 0 Å². The van der Waals surface area contributed by atoms with Crippen LogP contribution in [0.15, 0.2) is 6.07 Å². The molecule has 0 aromatic carbocycles. The molecule has 100 valence electrons. The highest BCUT2D eigenvalue weighted by Crippen LogP contribution is 2.30. The first kappa shape index (κ1) is 13.4. The lowest BCUT2D eigenvalue weighted by Crippen LogP contribution is -2.32. The van der Waals surface area contributed by atoms with Crippen LogP contribution in [-0.4, -0.2) is 36.4 Å². The van der Waals surface area contributed by atoms with Crippen LogP contribution < -0.4 is 11.1 Å². The predicted molar refractivity (Wildman–Crippen MR) is 77.5 cm³/mol. The summed E-state index contributed by atoms with van der Waals surface area (Å²) < 4.78 is 0.